The fraction of sp³-hybridized carbons (Fsp3) is 0.794. The van der Waals surface area contributed by atoms with E-state index < -0.39 is 54.0 Å². The van der Waals surface area contributed by atoms with Crippen LogP contribution in [0.3, 0.4) is 0 Å². The summed E-state index contributed by atoms with van der Waals surface area (Å²) in [6.07, 6.45) is 1.37. The van der Waals surface area contributed by atoms with Gasteiger partial charge in [0.25, 0.3) is 5.91 Å². The minimum atomic E-state index is -1.39. The third kappa shape index (κ3) is 9.16. The van der Waals surface area contributed by atoms with Crippen LogP contribution in [0.5, 0.6) is 0 Å². The number of Topliss-reactive ketones (excluding diaryl/α,β-unsaturated/α-hetero) is 1. The van der Waals surface area contributed by atoms with E-state index in [-0.39, 0.29) is 75.0 Å². The Bertz CT molecular complexity index is 1230. The van der Waals surface area contributed by atoms with Crippen LogP contribution in [0.25, 0.3) is 0 Å². The molecule has 3 heterocycles. The normalized spacial score (nSPS) is 31.1. The number of esters is 2. The molecule has 8 unspecified atom stereocenters. The van der Waals surface area contributed by atoms with Crippen LogP contribution < -0.4 is 16.0 Å². The van der Waals surface area contributed by atoms with E-state index >= 15 is 4.39 Å². The van der Waals surface area contributed by atoms with Crippen molar-refractivity contribution in [1.29, 1.82) is 0 Å². The Hall–Kier alpha value is -3.14. The predicted molar refractivity (Wildman–Crippen MR) is 174 cm³/mol. The van der Waals surface area contributed by atoms with Gasteiger partial charge in [0, 0.05) is 44.2 Å². The van der Waals surface area contributed by atoms with Gasteiger partial charge >= 0.3 is 11.9 Å². The molecule has 2 amide bonds. The number of hydrogen-bond acceptors (Lipinski definition) is 12. The fourth-order valence-corrected chi connectivity index (χ4v) is 7.92. The monoisotopic (exact) mass is 693 g/mol. The van der Waals surface area contributed by atoms with Crippen molar-refractivity contribution in [3.05, 3.63) is 11.8 Å². The number of carbonyl (C=O) groups excluding carboxylic acids is 5. The molecule has 14 nitrogen and oxygen atoms in total. The summed E-state index contributed by atoms with van der Waals surface area (Å²) >= 11 is 0. The molecule has 3 N–H and O–H groups in total. The molecule has 8 atom stereocenters. The van der Waals surface area contributed by atoms with E-state index in [4.69, 9.17) is 18.9 Å². The maximum atomic E-state index is 16.1. The summed E-state index contributed by atoms with van der Waals surface area (Å²) in [6.45, 7) is 8.67. The van der Waals surface area contributed by atoms with Crippen LogP contribution in [-0.2, 0) is 42.9 Å². The lowest BCUT2D eigenvalue weighted by Crippen LogP contribution is -2.73. The van der Waals surface area contributed by atoms with Gasteiger partial charge in [0.05, 0.1) is 75.2 Å². The highest BCUT2D eigenvalue weighted by Crippen LogP contribution is 2.46. The van der Waals surface area contributed by atoms with E-state index in [9.17, 15) is 24.0 Å². The Morgan fingerprint density at radius 3 is 2.35 bits per heavy atom. The highest BCUT2D eigenvalue weighted by Gasteiger charge is 2.59. The lowest BCUT2D eigenvalue weighted by atomic mass is 9.69. The number of ketones is 1. The molecule has 2 saturated carbocycles. The van der Waals surface area contributed by atoms with Crippen molar-refractivity contribution in [1.82, 2.24) is 25.8 Å². The molecule has 0 radical (unpaired) electrons. The SMILES string of the molecule is CCOC(=O)CCNC(=O)C1=CN2C3CCC(C(=O)NCCC(=O)OCC)CC3OC3C(NCCCN4CCOCC4)C(F)CC(C1=O)C32. The number of halogens is 1. The van der Waals surface area contributed by atoms with E-state index in [0.717, 1.165) is 26.1 Å². The lowest BCUT2D eigenvalue weighted by molar-refractivity contribution is -0.202. The molecule has 0 aromatic heterocycles. The van der Waals surface area contributed by atoms with Crippen LogP contribution in [0.1, 0.15) is 58.8 Å². The van der Waals surface area contributed by atoms with Gasteiger partial charge in [0.1, 0.15) is 6.17 Å². The molecule has 0 aromatic rings. The van der Waals surface area contributed by atoms with Gasteiger partial charge in [-0.05, 0) is 59.0 Å². The summed E-state index contributed by atoms with van der Waals surface area (Å²) in [5.41, 5.74) is -0.0625. The maximum absolute atomic E-state index is 16.1. The number of amides is 2. The van der Waals surface area contributed by atoms with Crippen molar-refractivity contribution in [2.24, 2.45) is 11.8 Å². The number of carbonyl (C=O) groups is 5. The standard InChI is InChI=1S/C34H52FN5O9/c1-3-47-27(41)8-11-37-33(44)21-6-7-25-26(18-21)49-32-29(36-10-5-13-39-14-16-46-17-15-39)24(35)19-22-30(32)40(25)20-23(31(22)43)34(45)38-12-9-28(42)48-4-2/h20-22,24-26,29-30,32,36H,3-19H2,1-2H3,(H,37,44)(H,38,45). The fourth-order valence-electron chi connectivity index (χ4n) is 7.92. The first kappa shape index (κ1) is 37.1. The van der Waals surface area contributed by atoms with E-state index in [1.54, 1.807) is 20.0 Å². The molecular weight excluding hydrogens is 641 g/mol. The number of nitrogens with one attached hydrogen (secondary N) is 3. The van der Waals surface area contributed by atoms with Crippen LogP contribution in [0.4, 0.5) is 4.39 Å². The molecule has 15 heteroatoms. The predicted octanol–water partition coefficient (Wildman–Crippen LogP) is 0.237. The van der Waals surface area contributed by atoms with Crippen LogP contribution in [0.2, 0.25) is 0 Å². The molecule has 49 heavy (non-hydrogen) atoms. The van der Waals surface area contributed by atoms with Crippen LogP contribution in [-0.4, -0.2) is 142 Å². The van der Waals surface area contributed by atoms with Gasteiger partial charge in [0.2, 0.25) is 5.91 Å². The smallest absolute Gasteiger partial charge is 0.307 e. The van der Waals surface area contributed by atoms with Crippen molar-refractivity contribution < 1.29 is 47.3 Å². The van der Waals surface area contributed by atoms with Crippen molar-refractivity contribution >= 4 is 29.5 Å². The van der Waals surface area contributed by atoms with Crippen LogP contribution in [0.15, 0.2) is 11.8 Å². The molecule has 2 aliphatic carbocycles. The second-order valence-electron chi connectivity index (χ2n) is 13.4. The van der Waals surface area contributed by atoms with Gasteiger partial charge in [-0.1, -0.05) is 0 Å². The highest BCUT2D eigenvalue weighted by molar-refractivity contribution is 6.20. The Balaban J connectivity index is 1.30. The summed E-state index contributed by atoms with van der Waals surface area (Å²) in [5, 5.41) is 8.92. The average molecular weight is 694 g/mol. The zero-order chi connectivity index (χ0) is 34.9. The Morgan fingerprint density at radius 2 is 1.65 bits per heavy atom. The van der Waals surface area contributed by atoms with E-state index in [1.807, 2.05) is 4.90 Å². The Kier molecular flexibility index (Phi) is 13.4. The second-order valence-corrected chi connectivity index (χ2v) is 13.4. The zero-order valence-electron chi connectivity index (χ0n) is 28.7. The van der Waals surface area contributed by atoms with Gasteiger partial charge in [-0.15, -0.1) is 0 Å². The first-order valence-electron chi connectivity index (χ1n) is 17.9. The first-order valence-corrected chi connectivity index (χ1v) is 17.9. The van der Waals surface area contributed by atoms with Gasteiger partial charge in [-0.25, -0.2) is 4.39 Å². The molecule has 0 spiro atoms. The molecule has 3 aliphatic heterocycles. The zero-order valence-corrected chi connectivity index (χ0v) is 28.7. The highest BCUT2D eigenvalue weighted by atomic mass is 19.1. The van der Waals surface area contributed by atoms with Crippen LogP contribution >= 0.6 is 0 Å². The van der Waals surface area contributed by atoms with Gasteiger partial charge < -0.3 is 39.8 Å². The molecule has 0 bridgehead atoms. The largest absolute Gasteiger partial charge is 0.466 e. The quantitative estimate of drug-likeness (QED) is 0.122. The summed E-state index contributed by atoms with van der Waals surface area (Å²) in [6, 6.07) is -1.36. The third-order valence-electron chi connectivity index (χ3n) is 10.3. The van der Waals surface area contributed by atoms with E-state index in [0.29, 0.717) is 39.0 Å². The van der Waals surface area contributed by atoms with Crippen molar-refractivity contribution in [2.75, 3.05) is 65.7 Å². The van der Waals surface area contributed by atoms with Crippen LogP contribution in [0, 0.1) is 11.8 Å². The molecular formula is C34H52FN5O9. The minimum absolute atomic E-state index is 0.00329. The van der Waals surface area contributed by atoms with E-state index in [1.165, 1.54) is 0 Å². The van der Waals surface area contributed by atoms with E-state index in [2.05, 4.69) is 20.9 Å². The topological polar surface area (TPSA) is 165 Å². The molecule has 274 valence electrons. The molecule has 0 aromatic carbocycles. The lowest BCUT2D eigenvalue weighted by Gasteiger charge is -2.59. The summed E-state index contributed by atoms with van der Waals surface area (Å²) in [4.78, 5) is 68.2. The van der Waals surface area contributed by atoms with Gasteiger partial charge in [-0.2, -0.15) is 0 Å². The molecule has 5 aliphatic rings. The number of morpholine rings is 2. The van der Waals surface area contributed by atoms with Crippen molar-refractivity contribution in [3.8, 4) is 0 Å². The first-order chi connectivity index (χ1) is 23.7. The number of rotatable bonds is 15. The molecule has 2 saturated heterocycles. The number of nitrogens with zero attached hydrogens (tertiary/aromatic N) is 2. The van der Waals surface area contributed by atoms with Crippen molar-refractivity contribution in [2.45, 2.75) is 95.3 Å². The summed E-state index contributed by atoms with van der Waals surface area (Å²) in [5.74, 6) is -3.21. The Morgan fingerprint density at radius 1 is 0.959 bits per heavy atom. The average Bonchev–Trinajstić information content (AvgIpc) is 3.09. The summed E-state index contributed by atoms with van der Waals surface area (Å²) < 4.78 is 38.2. The number of alkyl halides is 1. The van der Waals surface area contributed by atoms with Crippen molar-refractivity contribution in [3.63, 3.8) is 0 Å². The second kappa shape index (κ2) is 17.7. The number of fused-ring (bicyclic) bond motifs is 2. The van der Waals surface area contributed by atoms with Gasteiger partial charge in [0.15, 0.2) is 5.78 Å². The number of hydrogen-bond donors (Lipinski definition) is 3. The Labute approximate surface area is 287 Å². The maximum Gasteiger partial charge on any atom is 0.307 e. The molecule has 5 rings (SSSR count). The minimum Gasteiger partial charge on any atom is -0.466 e. The van der Waals surface area contributed by atoms with Gasteiger partial charge in [-0.3, -0.25) is 28.9 Å². The number of ether oxygens (including phenoxy) is 4. The molecule has 4 fully saturated rings. The summed E-state index contributed by atoms with van der Waals surface area (Å²) in [7, 11) is 0. The third-order valence-corrected chi connectivity index (χ3v) is 10.3.